The molecule has 0 atom stereocenters. The molecule has 0 amide bonds. The maximum atomic E-state index is 13.1. The third kappa shape index (κ3) is 2.26. The fourth-order valence-corrected chi connectivity index (χ4v) is 2.04. The molecule has 7 heteroatoms. The molecule has 0 radical (unpaired) electrons. The number of halogens is 2. The zero-order valence-electron chi connectivity index (χ0n) is 10.9. The number of hydrogen-bond acceptors (Lipinski definition) is 4. The van der Waals surface area contributed by atoms with E-state index in [4.69, 9.17) is 9.52 Å². The summed E-state index contributed by atoms with van der Waals surface area (Å²) in [5, 5.41) is 8.90. The third-order valence-electron chi connectivity index (χ3n) is 3.04. The lowest BCUT2D eigenvalue weighted by Gasteiger charge is -2.13. The van der Waals surface area contributed by atoms with Crippen molar-refractivity contribution in [2.24, 2.45) is 0 Å². The molecule has 22 heavy (non-hydrogen) atoms. The molecule has 0 saturated carbocycles. The van der Waals surface area contributed by atoms with Crippen LogP contribution in [0.25, 0.3) is 21.9 Å². The lowest BCUT2D eigenvalue weighted by atomic mass is 10.1. The molecule has 1 N–H and O–H groups in total. The molecule has 2 aromatic carbocycles. The van der Waals surface area contributed by atoms with Gasteiger partial charge in [-0.2, -0.15) is 8.78 Å². The summed E-state index contributed by atoms with van der Waals surface area (Å²) in [7, 11) is 0. The van der Waals surface area contributed by atoms with Gasteiger partial charge in [-0.05, 0) is 24.3 Å². The molecule has 1 heterocycles. The van der Waals surface area contributed by atoms with Crippen LogP contribution in [0.1, 0.15) is 0 Å². The van der Waals surface area contributed by atoms with E-state index in [1.807, 2.05) is 0 Å². The van der Waals surface area contributed by atoms with Crippen molar-refractivity contribution in [2.75, 3.05) is 0 Å². The minimum Gasteiger partial charge on any atom is -0.474 e. The van der Waals surface area contributed by atoms with E-state index in [1.165, 1.54) is 6.07 Å². The van der Waals surface area contributed by atoms with E-state index >= 15 is 0 Å². The quantitative estimate of drug-likeness (QED) is 0.753. The van der Waals surface area contributed by atoms with Crippen LogP contribution in [0.4, 0.5) is 8.78 Å². The largest absolute Gasteiger partial charge is 0.501 e. The number of alkyl halides is 2. The van der Waals surface area contributed by atoms with Gasteiger partial charge in [0.2, 0.25) is 5.43 Å². The molecule has 112 valence electrons. The molecule has 0 spiro atoms. The van der Waals surface area contributed by atoms with E-state index in [1.54, 1.807) is 24.3 Å². The van der Waals surface area contributed by atoms with Crippen LogP contribution in [0.15, 0.2) is 51.7 Å². The minimum atomic E-state index is -4.37. The van der Waals surface area contributed by atoms with Crippen molar-refractivity contribution in [2.45, 2.75) is 6.11 Å². The lowest BCUT2D eigenvalue weighted by Crippen LogP contribution is -2.34. The fraction of sp³-hybridized carbons (Fsp3) is 0.0667. The van der Waals surface area contributed by atoms with Gasteiger partial charge in [0.1, 0.15) is 16.9 Å². The van der Waals surface area contributed by atoms with Crippen molar-refractivity contribution in [1.29, 1.82) is 0 Å². The first-order valence-electron chi connectivity index (χ1n) is 6.14. The summed E-state index contributed by atoms with van der Waals surface area (Å²) in [4.78, 5) is 22.6. The number of carbonyl (C=O) groups is 1. The number of fused-ring (bicyclic) bond motifs is 2. The highest BCUT2D eigenvalue weighted by atomic mass is 19.3. The molecule has 0 aliphatic rings. The normalized spacial score (nSPS) is 11.7. The average Bonchev–Trinajstić information content (AvgIpc) is 2.46. The molecule has 0 fully saturated rings. The lowest BCUT2D eigenvalue weighted by molar-refractivity contribution is -0.210. The number of carboxylic acids is 1. The maximum Gasteiger partial charge on any atom is 0.501 e. The third-order valence-corrected chi connectivity index (χ3v) is 3.04. The zero-order chi connectivity index (χ0) is 15.9. The first-order valence-corrected chi connectivity index (χ1v) is 6.14. The molecule has 0 unspecified atom stereocenters. The predicted octanol–water partition coefficient (Wildman–Crippen LogP) is 3.00. The summed E-state index contributed by atoms with van der Waals surface area (Å²) in [6.07, 6.45) is -4.37. The molecule has 5 nitrogen and oxygen atoms in total. The van der Waals surface area contributed by atoms with E-state index < -0.39 is 17.8 Å². The standard InChI is InChI=1S/C15H8F2O5/c16-15(17,14(19)20)22-8-5-6-10-12(7-8)21-11-4-2-1-3-9(11)13(10)18/h1-7H,(H,19,20). The predicted molar refractivity (Wildman–Crippen MR) is 73.2 cm³/mol. The molecular weight excluding hydrogens is 298 g/mol. The molecule has 3 aromatic rings. The summed E-state index contributed by atoms with van der Waals surface area (Å²) in [6.45, 7) is 0. The number of aliphatic carboxylic acids is 1. The Bertz CT molecular complexity index is 945. The van der Waals surface area contributed by atoms with Gasteiger partial charge < -0.3 is 14.3 Å². The molecule has 0 bridgehead atoms. The highest BCUT2D eigenvalue weighted by Gasteiger charge is 2.42. The summed E-state index contributed by atoms with van der Waals surface area (Å²) in [5.41, 5.74) is 0.0120. The van der Waals surface area contributed by atoms with Crippen LogP contribution in [-0.2, 0) is 4.79 Å². The highest BCUT2D eigenvalue weighted by Crippen LogP contribution is 2.26. The molecule has 3 rings (SSSR count). The van der Waals surface area contributed by atoms with E-state index in [0.29, 0.717) is 11.0 Å². The summed E-state index contributed by atoms with van der Waals surface area (Å²) in [6, 6.07) is 9.89. The van der Waals surface area contributed by atoms with Gasteiger partial charge in [-0.3, -0.25) is 4.79 Å². The molecule has 1 aromatic heterocycles. The Morgan fingerprint density at radius 3 is 2.50 bits per heavy atom. The number of benzene rings is 2. The number of para-hydroxylation sites is 1. The molecule has 0 aliphatic heterocycles. The second kappa shape index (κ2) is 4.80. The summed E-state index contributed by atoms with van der Waals surface area (Å²) in [5.74, 6) is -2.83. The zero-order valence-corrected chi connectivity index (χ0v) is 10.9. The van der Waals surface area contributed by atoms with Gasteiger partial charge in [0.25, 0.3) is 0 Å². The Morgan fingerprint density at radius 2 is 1.77 bits per heavy atom. The first-order chi connectivity index (χ1) is 10.4. The Balaban J connectivity index is 2.16. The van der Waals surface area contributed by atoms with Gasteiger partial charge in [0, 0.05) is 6.07 Å². The fourth-order valence-electron chi connectivity index (χ4n) is 2.04. The van der Waals surface area contributed by atoms with Gasteiger partial charge in [-0.15, -0.1) is 0 Å². The van der Waals surface area contributed by atoms with Crippen LogP contribution >= 0.6 is 0 Å². The number of rotatable bonds is 3. The van der Waals surface area contributed by atoms with Gasteiger partial charge in [-0.1, -0.05) is 12.1 Å². The summed E-state index contributed by atoms with van der Waals surface area (Å²) >= 11 is 0. The Morgan fingerprint density at radius 1 is 1.09 bits per heavy atom. The maximum absolute atomic E-state index is 13.1. The minimum absolute atomic E-state index is 0.0300. The van der Waals surface area contributed by atoms with E-state index in [-0.39, 0.29) is 16.4 Å². The SMILES string of the molecule is O=C(O)C(F)(F)Oc1ccc2c(=O)c3ccccc3oc2c1. The van der Waals surface area contributed by atoms with E-state index in [0.717, 1.165) is 12.1 Å². The van der Waals surface area contributed by atoms with Gasteiger partial charge in [0.15, 0.2) is 0 Å². The van der Waals surface area contributed by atoms with Crippen molar-refractivity contribution in [3.63, 3.8) is 0 Å². The van der Waals surface area contributed by atoms with Crippen LogP contribution < -0.4 is 10.2 Å². The first kappa shape index (κ1) is 14.0. The van der Waals surface area contributed by atoms with E-state index in [2.05, 4.69) is 4.74 Å². The average molecular weight is 306 g/mol. The highest BCUT2D eigenvalue weighted by molar-refractivity contribution is 5.90. The smallest absolute Gasteiger partial charge is 0.474 e. The number of ether oxygens (including phenoxy) is 1. The number of carboxylic acid groups (broad SMARTS) is 1. The van der Waals surface area contributed by atoms with Gasteiger partial charge in [-0.25, -0.2) is 4.79 Å². The van der Waals surface area contributed by atoms with Crippen LogP contribution in [0.5, 0.6) is 5.75 Å². The Labute approximate surface area is 121 Å². The van der Waals surface area contributed by atoms with Crippen LogP contribution in [0, 0.1) is 0 Å². The van der Waals surface area contributed by atoms with Gasteiger partial charge >= 0.3 is 12.1 Å². The van der Waals surface area contributed by atoms with E-state index in [9.17, 15) is 18.4 Å². The van der Waals surface area contributed by atoms with Crippen LogP contribution in [0.2, 0.25) is 0 Å². The monoisotopic (exact) mass is 306 g/mol. The number of hydrogen-bond donors (Lipinski definition) is 1. The molecular formula is C15H8F2O5. The van der Waals surface area contributed by atoms with Crippen molar-refractivity contribution in [3.8, 4) is 5.75 Å². The molecule has 0 saturated heterocycles. The summed E-state index contributed by atoms with van der Waals surface area (Å²) < 4.78 is 35.7. The molecule has 0 aliphatic carbocycles. The van der Waals surface area contributed by atoms with Crippen molar-refractivity contribution < 1.29 is 27.8 Å². The Kier molecular flexibility index (Phi) is 3.05. The second-order valence-corrected chi connectivity index (χ2v) is 4.51. The van der Waals surface area contributed by atoms with Gasteiger partial charge in [0.05, 0.1) is 10.8 Å². The Hall–Kier alpha value is -2.96. The van der Waals surface area contributed by atoms with Crippen molar-refractivity contribution >= 4 is 27.9 Å². The van der Waals surface area contributed by atoms with Crippen molar-refractivity contribution in [1.82, 2.24) is 0 Å². The van der Waals surface area contributed by atoms with Crippen molar-refractivity contribution in [3.05, 3.63) is 52.7 Å². The second-order valence-electron chi connectivity index (χ2n) is 4.51. The topological polar surface area (TPSA) is 76.7 Å². The van der Waals surface area contributed by atoms with Crippen LogP contribution in [-0.4, -0.2) is 17.2 Å². The van der Waals surface area contributed by atoms with Crippen LogP contribution in [0.3, 0.4) is 0 Å².